The highest BCUT2D eigenvalue weighted by atomic mass is 32.2. The number of ether oxygens (including phenoxy) is 1. The zero-order chi connectivity index (χ0) is 21.8. The van der Waals surface area contributed by atoms with Crippen LogP contribution < -0.4 is 20.4 Å². The quantitative estimate of drug-likeness (QED) is 0.402. The number of hydrogen-bond donors (Lipinski definition) is 0. The second-order valence-corrected chi connectivity index (χ2v) is 8.80. The first-order valence-electron chi connectivity index (χ1n) is 9.87. The molecule has 4 rings (SSSR count). The van der Waals surface area contributed by atoms with Gasteiger partial charge in [-0.05, 0) is 54.1 Å². The summed E-state index contributed by atoms with van der Waals surface area (Å²) in [6.07, 6.45) is 5.05. The number of benzene rings is 2. The predicted octanol–water partition coefficient (Wildman–Crippen LogP) is 3.16. The van der Waals surface area contributed by atoms with Gasteiger partial charge < -0.3 is 4.74 Å². The van der Waals surface area contributed by atoms with Gasteiger partial charge in [-0.15, -0.1) is 11.8 Å². The van der Waals surface area contributed by atoms with Gasteiger partial charge in [-0.3, -0.25) is 9.59 Å². The minimum Gasteiger partial charge on any atom is -0.494 e. The van der Waals surface area contributed by atoms with Gasteiger partial charge in [0.05, 0.1) is 11.1 Å². The van der Waals surface area contributed by atoms with Gasteiger partial charge in [0, 0.05) is 11.3 Å². The Kier molecular flexibility index (Phi) is 6.48. The fourth-order valence-electron chi connectivity index (χ4n) is 3.02. The molecule has 0 aliphatic heterocycles. The monoisotopic (exact) mass is 451 g/mol. The largest absolute Gasteiger partial charge is 0.494 e. The van der Waals surface area contributed by atoms with Crippen LogP contribution in [0.4, 0.5) is 0 Å². The van der Waals surface area contributed by atoms with Crippen molar-refractivity contribution < 1.29 is 4.74 Å². The number of hydrogen-bond acceptors (Lipinski definition) is 7. The number of rotatable bonds is 7. The van der Waals surface area contributed by atoms with E-state index in [2.05, 4.69) is 17.0 Å². The second kappa shape index (κ2) is 9.45. The molecule has 0 aliphatic carbocycles. The Bertz CT molecular complexity index is 1360. The molecular weight excluding hydrogens is 430 g/mol. The van der Waals surface area contributed by atoms with Crippen molar-refractivity contribution in [1.82, 2.24) is 14.6 Å². The Labute approximate surface area is 187 Å². The molecule has 0 spiro atoms. The molecule has 31 heavy (non-hydrogen) atoms. The lowest BCUT2D eigenvalue weighted by Gasteiger charge is -2.05. The molecule has 0 amide bonds. The highest BCUT2D eigenvalue weighted by molar-refractivity contribution is 7.98. The Hall–Kier alpha value is -2.97. The highest BCUT2D eigenvalue weighted by Gasteiger charge is 2.12. The van der Waals surface area contributed by atoms with Crippen molar-refractivity contribution in [3.8, 4) is 5.75 Å². The summed E-state index contributed by atoms with van der Waals surface area (Å²) in [6, 6.07) is 15.4. The van der Waals surface area contributed by atoms with Gasteiger partial charge in [0.15, 0.2) is 0 Å². The van der Waals surface area contributed by atoms with E-state index in [9.17, 15) is 9.59 Å². The van der Waals surface area contributed by atoms with Crippen LogP contribution in [0.15, 0.2) is 63.0 Å². The van der Waals surface area contributed by atoms with Crippen molar-refractivity contribution >= 4 is 34.1 Å². The van der Waals surface area contributed by atoms with Gasteiger partial charge in [0.2, 0.25) is 4.96 Å². The topological polar surface area (TPSA) is 73.6 Å². The molecule has 0 N–H and O–H groups in total. The standard InChI is InChI=1S/C23H21N3O3S2/c1-3-12-29-17-8-4-15(5-9-17)13-19-21(27)24-23-26(25-19)22(28)20(31-23)14-16-6-10-18(30-2)11-7-16/h4-11,14H,3,12-13H2,1-2H3/b20-14+. The SMILES string of the molecule is CCCOc1ccc(Cc2nn3c(=O)/c(=C\c4ccc(SC)cc4)sc3nc2=O)cc1. The smallest absolute Gasteiger partial charge is 0.296 e. The number of thioether (sulfide) groups is 1. The molecule has 0 unspecified atom stereocenters. The molecule has 0 fully saturated rings. The highest BCUT2D eigenvalue weighted by Crippen LogP contribution is 2.16. The van der Waals surface area contributed by atoms with Crippen LogP contribution in [0.3, 0.4) is 0 Å². The normalized spacial score (nSPS) is 11.9. The zero-order valence-corrected chi connectivity index (χ0v) is 18.8. The van der Waals surface area contributed by atoms with Crippen LogP contribution in [0.1, 0.15) is 30.2 Å². The summed E-state index contributed by atoms with van der Waals surface area (Å²) in [4.78, 5) is 30.9. The fraction of sp³-hybridized carbons (Fsp3) is 0.217. The maximum Gasteiger partial charge on any atom is 0.296 e. The van der Waals surface area contributed by atoms with Gasteiger partial charge in [-0.1, -0.05) is 42.5 Å². The molecule has 6 nitrogen and oxygen atoms in total. The molecule has 2 aromatic carbocycles. The van der Waals surface area contributed by atoms with Crippen molar-refractivity contribution in [1.29, 1.82) is 0 Å². The molecule has 0 atom stereocenters. The van der Waals surface area contributed by atoms with Gasteiger partial charge in [-0.2, -0.15) is 14.6 Å². The first-order valence-corrected chi connectivity index (χ1v) is 11.9. The molecule has 0 aliphatic rings. The van der Waals surface area contributed by atoms with Crippen molar-refractivity contribution in [2.45, 2.75) is 24.7 Å². The van der Waals surface area contributed by atoms with Crippen molar-refractivity contribution in [3.05, 3.63) is 90.6 Å². The number of nitrogens with zero attached hydrogens (tertiary/aromatic N) is 3. The van der Waals surface area contributed by atoms with Gasteiger partial charge in [0.1, 0.15) is 11.4 Å². The fourth-order valence-corrected chi connectivity index (χ4v) is 4.33. The summed E-state index contributed by atoms with van der Waals surface area (Å²) < 4.78 is 7.30. The van der Waals surface area contributed by atoms with E-state index in [1.807, 2.05) is 54.8 Å². The summed E-state index contributed by atoms with van der Waals surface area (Å²) in [7, 11) is 0. The first kappa shape index (κ1) is 21.3. The summed E-state index contributed by atoms with van der Waals surface area (Å²) in [5, 5.41) is 4.32. The average Bonchev–Trinajstić information content (AvgIpc) is 3.08. The van der Waals surface area contributed by atoms with E-state index in [1.54, 1.807) is 17.8 Å². The molecular formula is C23H21N3O3S2. The summed E-state index contributed by atoms with van der Waals surface area (Å²) in [5.74, 6) is 0.786. The lowest BCUT2D eigenvalue weighted by atomic mass is 10.1. The van der Waals surface area contributed by atoms with E-state index in [0.717, 1.165) is 28.2 Å². The van der Waals surface area contributed by atoms with Crippen LogP contribution in [0.2, 0.25) is 0 Å². The minimum absolute atomic E-state index is 0.241. The van der Waals surface area contributed by atoms with Crippen LogP contribution in [0, 0.1) is 0 Å². The summed E-state index contributed by atoms with van der Waals surface area (Å²) in [5.41, 5.74) is 1.37. The zero-order valence-electron chi connectivity index (χ0n) is 17.2. The van der Waals surface area contributed by atoms with Crippen LogP contribution in [-0.4, -0.2) is 27.5 Å². The van der Waals surface area contributed by atoms with E-state index in [0.29, 0.717) is 22.5 Å². The maximum absolute atomic E-state index is 12.8. The Morgan fingerprint density at radius 3 is 2.52 bits per heavy atom. The molecule has 4 aromatic rings. The van der Waals surface area contributed by atoms with E-state index in [1.165, 1.54) is 15.9 Å². The third-order valence-corrected chi connectivity index (χ3v) is 6.33. The summed E-state index contributed by atoms with van der Waals surface area (Å²) >= 11 is 2.83. The number of fused-ring (bicyclic) bond motifs is 1. The molecule has 8 heteroatoms. The number of thiazole rings is 1. The van der Waals surface area contributed by atoms with Crippen LogP contribution in [0.5, 0.6) is 5.75 Å². The van der Waals surface area contributed by atoms with E-state index in [-0.39, 0.29) is 11.3 Å². The second-order valence-electron chi connectivity index (χ2n) is 6.92. The Balaban J connectivity index is 1.65. The summed E-state index contributed by atoms with van der Waals surface area (Å²) in [6.45, 7) is 2.71. The van der Waals surface area contributed by atoms with Crippen LogP contribution >= 0.6 is 23.1 Å². The molecule has 158 valence electrons. The van der Waals surface area contributed by atoms with Gasteiger partial charge >= 0.3 is 0 Å². The Morgan fingerprint density at radius 2 is 1.84 bits per heavy atom. The third-order valence-electron chi connectivity index (χ3n) is 4.63. The molecule has 0 bridgehead atoms. The lowest BCUT2D eigenvalue weighted by molar-refractivity contribution is 0.317. The van der Waals surface area contributed by atoms with E-state index >= 15 is 0 Å². The molecule has 0 radical (unpaired) electrons. The Morgan fingerprint density at radius 1 is 1.10 bits per heavy atom. The van der Waals surface area contributed by atoms with Crippen molar-refractivity contribution in [2.24, 2.45) is 0 Å². The number of aromatic nitrogens is 3. The van der Waals surface area contributed by atoms with E-state index < -0.39 is 5.56 Å². The van der Waals surface area contributed by atoms with Crippen molar-refractivity contribution in [2.75, 3.05) is 12.9 Å². The predicted molar refractivity (Wildman–Crippen MR) is 125 cm³/mol. The van der Waals surface area contributed by atoms with Gasteiger partial charge in [0.25, 0.3) is 11.1 Å². The van der Waals surface area contributed by atoms with Crippen molar-refractivity contribution in [3.63, 3.8) is 0 Å². The minimum atomic E-state index is -0.413. The molecule has 2 aromatic heterocycles. The first-order chi connectivity index (χ1) is 15.1. The lowest BCUT2D eigenvalue weighted by Crippen LogP contribution is -2.28. The van der Waals surface area contributed by atoms with Crippen LogP contribution in [0.25, 0.3) is 11.0 Å². The molecule has 0 saturated carbocycles. The average molecular weight is 452 g/mol. The van der Waals surface area contributed by atoms with Crippen LogP contribution in [-0.2, 0) is 6.42 Å². The van der Waals surface area contributed by atoms with Gasteiger partial charge in [-0.25, -0.2) is 0 Å². The molecule has 2 heterocycles. The maximum atomic E-state index is 12.8. The molecule has 0 saturated heterocycles. The third kappa shape index (κ3) is 4.86. The van der Waals surface area contributed by atoms with E-state index in [4.69, 9.17) is 4.74 Å².